The van der Waals surface area contributed by atoms with Crippen LogP contribution in [0.4, 0.5) is 0 Å². The minimum absolute atomic E-state index is 0.00847. The van der Waals surface area contributed by atoms with Gasteiger partial charge in [0.2, 0.25) is 29.5 Å². The van der Waals surface area contributed by atoms with Crippen molar-refractivity contribution in [3.63, 3.8) is 0 Å². The number of nitrogens with zero attached hydrogens (tertiary/aromatic N) is 1. The first-order valence-corrected chi connectivity index (χ1v) is 10.1. The van der Waals surface area contributed by atoms with Crippen molar-refractivity contribution >= 4 is 52.1 Å². The van der Waals surface area contributed by atoms with E-state index in [0.717, 1.165) is 24.2 Å². The van der Waals surface area contributed by atoms with E-state index in [2.05, 4.69) is 33.2 Å². The quantitative estimate of drug-likeness (QED) is 0.208. The van der Waals surface area contributed by atoms with E-state index in [4.69, 9.17) is 5.73 Å². The first-order chi connectivity index (χ1) is 12.6. The molecule has 1 fully saturated rings. The van der Waals surface area contributed by atoms with Gasteiger partial charge in [0.15, 0.2) is 0 Å². The van der Waals surface area contributed by atoms with Crippen LogP contribution < -0.4 is 16.4 Å². The van der Waals surface area contributed by atoms with Crippen molar-refractivity contribution in [2.45, 2.75) is 49.4 Å². The SMILES string of the molecule is CCCC(I)(CC)C1CC(=O)N(CCC(=O)NCC(=O)NCC(N)=O)C1=O. The van der Waals surface area contributed by atoms with Gasteiger partial charge in [0.25, 0.3) is 0 Å². The van der Waals surface area contributed by atoms with Crippen molar-refractivity contribution in [3.05, 3.63) is 0 Å². The van der Waals surface area contributed by atoms with Gasteiger partial charge < -0.3 is 16.4 Å². The minimum Gasteiger partial charge on any atom is -0.368 e. The van der Waals surface area contributed by atoms with Crippen LogP contribution in [0.1, 0.15) is 46.0 Å². The second-order valence-corrected chi connectivity index (χ2v) is 8.70. The topological polar surface area (TPSA) is 139 Å². The molecular weight excluding hydrogens is 467 g/mol. The largest absolute Gasteiger partial charge is 0.368 e. The second-order valence-electron chi connectivity index (χ2n) is 6.55. The third-order valence-corrected chi connectivity index (χ3v) is 6.64. The summed E-state index contributed by atoms with van der Waals surface area (Å²) >= 11 is 2.29. The average Bonchev–Trinajstić information content (AvgIpc) is 2.91. The predicted molar refractivity (Wildman–Crippen MR) is 107 cm³/mol. The number of hydrogen-bond acceptors (Lipinski definition) is 5. The summed E-state index contributed by atoms with van der Waals surface area (Å²) in [5, 5.41) is 4.62. The molecule has 2 atom stereocenters. The van der Waals surface area contributed by atoms with Crippen molar-refractivity contribution in [3.8, 4) is 0 Å². The number of imide groups is 1. The number of hydrogen-bond donors (Lipinski definition) is 3. The smallest absolute Gasteiger partial charge is 0.239 e. The molecule has 0 bridgehead atoms. The van der Waals surface area contributed by atoms with Gasteiger partial charge >= 0.3 is 0 Å². The van der Waals surface area contributed by atoms with Crippen LogP contribution in [-0.2, 0) is 24.0 Å². The minimum atomic E-state index is -0.684. The standard InChI is InChI=1S/C17H27IN4O5/c1-3-6-17(18,4-2)11-8-15(26)22(16(11)27)7-5-13(24)21-10-14(25)20-9-12(19)23/h11H,3-10H2,1-2H3,(H2,19,23)(H,20,25)(H,21,24). The van der Waals surface area contributed by atoms with Crippen molar-refractivity contribution in [2.24, 2.45) is 11.7 Å². The summed E-state index contributed by atoms with van der Waals surface area (Å²) in [6.45, 7) is 3.44. The molecule has 27 heavy (non-hydrogen) atoms. The van der Waals surface area contributed by atoms with E-state index in [1.165, 1.54) is 0 Å². The number of nitrogens with two attached hydrogens (primary N) is 1. The maximum atomic E-state index is 12.7. The highest BCUT2D eigenvalue weighted by molar-refractivity contribution is 14.1. The van der Waals surface area contributed by atoms with Crippen molar-refractivity contribution in [2.75, 3.05) is 19.6 Å². The molecule has 1 saturated heterocycles. The number of carbonyl (C=O) groups is 5. The molecule has 0 aromatic heterocycles. The van der Waals surface area contributed by atoms with Gasteiger partial charge in [-0.25, -0.2) is 0 Å². The molecule has 0 spiro atoms. The molecule has 1 rings (SSSR count). The van der Waals surface area contributed by atoms with Gasteiger partial charge in [-0.05, 0) is 12.8 Å². The zero-order valence-corrected chi connectivity index (χ0v) is 17.8. The van der Waals surface area contributed by atoms with Crippen molar-refractivity contribution in [1.29, 1.82) is 0 Å². The Labute approximate surface area is 172 Å². The van der Waals surface area contributed by atoms with Crippen LogP contribution in [0.3, 0.4) is 0 Å². The van der Waals surface area contributed by atoms with Gasteiger partial charge in [-0.15, -0.1) is 0 Å². The summed E-state index contributed by atoms with van der Waals surface area (Å²) in [5.74, 6) is -2.54. The number of carbonyl (C=O) groups excluding carboxylic acids is 5. The normalized spacial score (nSPS) is 18.9. The maximum Gasteiger partial charge on any atom is 0.239 e. The maximum absolute atomic E-state index is 12.7. The van der Waals surface area contributed by atoms with Crippen LogP contribution in [0.25, 0.3) is 0 Å². The Morgan fingerprint density at radius 3 is 2.37 bits per heavy atom. The Balaban J connectivity index is 2.51. The number of likely N-dealkylation sites (tertiary alicyclic amines) is 1. The lowest BCUT2D eigenvalue weighted by Gasteiger charge is -2.30. The number of alkyl halides is 1. The third-order valence-electron chi connectivity index (χ3n) is 4.59. The van der Waals surface area contributed by atoms with Gasteiger partial charge in [0, 0.05) is 22.8 Å². The molecule has 2 unspecified atom stereocenters. The fraction of sp³-hybridized carbons (Fsp3) is 0.706. The fourth-order valence-electron chi connectivity index (χ4n) is 3.06. The highest BCUT2D eigenvalue weighted by Crippen LogP contribution is 2.42. The predicted octanol–water partition coefficient (Wildman–Crippen LogP) is -0.147. The molecule has 152 valence electrons. The van der Waals surface area contributed by atoms with Gasteiger partial charge in [-0.3, -0.25) is 28.9 Å². The molecule has 0 aromatic carbocycles. The Kier molecular flexibility index (Phi) is 9.13. The van der Waals surface area contributed by atoms with E-state index in [1.54, 1.807) is 0 Å². The fourth-order valence-corrected chi connectivity index (χ4v) is 4.09. The molecule has 1 aliphatic rings. The summed E-state index contributed by atoms with van der Waals surface area (Å²) in [4.78, 5) is 59.9. The van der Waals surface area contributed by atoms with Crippen LogP contribution in [0.2, 0.25) is 0 Å². The Morgan fingerprint density at radius 2 is 1.81 bits per heavy atom. The summed E-state index contributed by atoms with van der Waals surface area (Å²) < 4.78 is -0.255. The lowest BCUT2D eigenvalue weighted by Crippen LogP contribution is -2.42. The van der Waals surface area contributed by atoms with Gasteiger partial charge in [0.05, 0.1) is 19.0 Å². The van der Waals surface area contributed by atoms with E-state index in [-0.39, 0.29) is 53.6 Å². The molecule has 4 N–H and O–H groups in total. The van der Waals surface area contributed by atoms with Gasteiger partial charge in [-0.2, -0.15) is 0 Å². The number of primary amides is 1. The van der Waals surface area contributed by atoms with E-state index in [9.17, 15) is 24.0 Å². The molecule has 0 saturated carbocycles. The van der Waals surface area contributed by atoms with Crippen LogP contribution in [0, 0.1) is 5.92 Å². The lowest BCUT2D eigenvalue weighted by atomic mass is 9.85. The van der Waals surface area contributed by atoms with Crippen LogP contribution in [0.5, 0.6) is 0 Å². The molecule has 1 heterocycles. The zero-order chi connectivity index (χ0) is 20.6. The summed E-state index contributed by atoms with van der Waals surface area (Å²) in [6, 6.07) is 0. The molecule has 0 radical (unpaired) electrons. The van der Waals surface area contributed by atoms with Gasteiger partial charge in [0.1, 0.15) is 0 Å². The van der Waals surface area contributed by atoms with E-state index < -0.39 is 17.7 Å². The molecular formula is C17H27IN4O5. The van der Waals surface area contributed by atoms with Gasteiger partial charge in [-0.1, -0.05) is 42.9 Å². The van der Waals surface area contributed by atoms with Crippen molar-refractivity contribution in [1.82, 2.24) is 15.5 Å². The summed E-state index contributed by atoms with van der Waals surface area (Å²) in [6.07, 6.45) is 2.66. The summed E-state index contributed by atoms with van der Waals surface area (Å²) in [7, 11) is 0. The Hall–Kier alpha value is -1.72. The molecule has 10 heteroatoms. The average molecular weight is 494 g/mol. The monoisotopic (exact) mass is 494 g/mol. The number of nitrogens with one attached hydrogen (secondary N) is 2. The van der Waals surface area contributed by atoms with Crippen LogP contribution >= 0.6 is 22.6 Å². The van der Waals surface area contributed by atoms with Crippen molar-refractivity contribution < 1.29 is 24.0 Å². The molecule has 9 nitrogen and oxygen atoms in total. The summed E-state index contributed by atoms with van der Waals surface area (Å²) in [5.41, 5.74) is 4.90. The number of rotatable bonds is 11. The van der Waals surface area contributed by atoms with E-state index in [1.807, 2.05) is 13.8 Å². The Morgan fingerprint density at radius 1 is 1.19 bits per heavy atom. The molecule has 0 aliphatic carbocycles. The highest BCUT2D eigenvalue weighted by atomic mass is 127. The van der Waals surface area contributed by atoms with Crippen LogP contribution in [-0.4, -0.2) is 57.5 Å². The number of amides is 5. The zero-order valence-electron chi connectivity index (χ0n) is 15.7. The highest BCUT2D eigenvalue weighted by Gasteiger charge is 2.48. The van der Waals surface area contributed by atoms with Crippen LogP contribution in [0.15, 0.2) is 0 Å². The second kappa shape index (κ2) is 10.6. The van der Waals surface area contributed by atoms with E-state index in [0.29, 0.717) is 0 Å². The first kappa shape index (κ1) is 23.3. The van der Waals surface area contributed by atoms with E-state index >= 15 is 0 Å². The third kappa shape index (κ3) is 6.74. The first-order valence-electron chi connectivity index (χ1n) is 8.99. The molecule has 1 aliphatic heterocycles. The molecule has 0 aromatic rings. The Bertz CT molecular complexity index is 612. The molecule has 5 amide bonds. The lowest BCUT2D eigenvalue weighted by molar-refractivity contribution is -0.140. The number of halogens is 1.